The van der Waals surface area contributed by atoms with Gasteiger partial charge < -0.3 is 18.5 Å². The van der Waals surface area contributed by atoms with Crippen LogP contribution in [-0.4, -0.2) is 32.6 Å². The van der Waals surface area contributed by atoms with Gasteiger partial charge in [-0.1, -0.05) is 6.07 Å². The van der Waals surface area contributed by atoms with Crippen molar-refractivity contribution >= 4 is 13.6 Å². The van der Waals surface area contributed by atoms with Crippen LogP contribution in [0.25, 0.3) is 0 Å². The summed E-state index contributed by atoms with van der Waals surface area (Å²) in [5, 5.41) is 0. The Labute approximate surface area is 143 Å². The molecule has 1 aromatic rings. The Balaban J connectivity index is 2.41. The van der Waals surface area contributed by atoms with E-state index in [-0.39, 0.29) is 25.2 Å². The van der Waals surface area contributed by atoms with E-state index in [0.717, 1.165) is 12.1 Å². The molecule has 0 N–H and O–H groups in total. The zero-order chi connectivity index (χ0) is 19.1. The summed E-state index contributed by atoms with van der Waals surface area (Å²) >= 11 is 0. The Morgan fingerprint density at radius 2 is 1.88 bits per heavy atom. The van der Waals surface area contributed by atoms with Crippen LogP contribution in [0.3, 0.4) is 0 Å². The Morgan fingerprint density at radius 1 is 1.24 bits per heavy atom. The fourth-order valence-electron chi connectivity index (χ4n) is 1.85. The molecular weight excluding hydrogens is 364 g/mol. The van der Waals surface area contributed by atoms with Crippen molar-refractivity contribution in [3.63, 3.8) is 0 Å². The van der Waals surface area contributed by atoms with E-state index >= 15 is 0 Å². The van der Waals surface area contributed by atoms with Crippen molar-refractivity contribution in [3.05, 3.63) is 29.8 Å². The molecule has 10 heteroatoms. The highest BCUT2D eigenvalue weighted by Crippen LogP contribution is 2.51. The molecule has 0 aromatic heterocycles. The summed E-state index contributed by atoms with van der Waals surface area (Å²) in [6.45, 7) is 1.40. The lowest BCUT2D eigenvalue weighted by atomic mass is 10.2. The zero-order valence-electron chi connectivity index (χ0n) is 14.0. The molecule has 0 aliphatic carbocycles. The van der Waals surface area contributed by atoms with Gasteiger partial charge in [0.05, 0.1) is 12.2 Å². The van der Waals surface area contributed by atoms with Crippen molar-refractivity contribution in [3.8, 4) is 5.75 Å². The van der Waals surface area contributed by atoms with Gasteiger partial charge in [0.25, 0.3) is 0 Å². The molecule has 25 heavy (non-hydrogen) atoms. The highest BCUT2D eigenvalue weighted by molar-refractivity contribution is 7.54. The smallest absolute Gasteiger partial charge is 0.416 e. The topological polar surface area (TPSA) is 71.1 Å². The molecule has 0 spiro atoms. The molecule has 6 nitrogen and oxygen atoms in total. The van der Waals surface area contributed by atoms with E-state index in [9.17, 15) is 22.5 Å². The average molecular weight is 384 g/mol. The van der Waals surface area contributed by atoms with Crippen molar-refractivity contribution in [2.75, 3.05) is 20.8 Å². The van der Waals surface area contributed by atoms with Crippen molar-refractivity contribution < 1.29 is 41.1 Å². The van der Waals surface area contributed by atoms with Gasteiger partial charge in [-0.2, -0.15) is 13.2 Å². The van der Waals surface area contributed by atoms with E-state index in [1.54, 1.807) is 0 Å². The van der Waals surface area contributed by atoms with E-state index < -0.39 is 31.1 Å². The van der Waals surface area contributed by atoms with Gasteiger partial charge in [0, 0.05) is 20.6 Å². The van der Waals surface area contributed by atoms with Crippen LogP contribution in [0.5, 0.6) is 5.75 Å². The summed E-state index contributed by atoms with van der Waals surface area (Å²) in [5.74, 6) is -1.66. The summed E-state index contributed by atoms with van der Waals surface area (Å²) < 4.78 is 69.3. The first-order chi connectivity index (χ1) is 11.6. The normalized spacial score (nSPS) is 13.4. The third-order valence-electron chi connectivity index (χ3n) is 3.21. The number of benzene rings is 1. The number of carbonyl (C=O) groups is 1. The van der Waals surface area contributed by atoms with E-state index in [1.165, 1.54) is 33.3 Å². The highest BCUT2D eigenvalue weighted by atomic mass is 31.2. The summed E-state index contributed by atoms with van der Waals surface area (Å²) in [7, 11) is -1.16. The molecule has 1 rings (SSSR count). The maximum Gasteiger partial charge on any atom is 0.416 e. The quantitative estimate of drug-likeness (QED) is 0.360. The number of esters is 1. The predicted octanol–water partition coefficient (Wildman–Crippen LogP) is 4.24. The predicted molar refractivity (Wildman–Crippen MR) is 83.4 cm³/mol. The van der Waals surface area contributed by atoms with Gasteiger partial charge in [-0.25, -0.2) is 0 Å². The molecule has 1 unspecified atom stereocenters. The van der Waals surface area contributed by atoms with Crippen molar-refractivity contribution in [2.24, 2.45) is 0 Å². The Bertz CT molecular complexity index is 612. The number of hydrogen-bond donors (Lipinski definition) is 0. The number of carbonyl (C=O) groups excluding carboxylic acids is 1. The molecule has 0 amide bonds. The average Bonchev–Trinajstić information content (AvgIpc) is 2.57. The standard InChI is InChI=1S/C15H20F3O6P/c1-11(25(20,21-2)22-3)24-14(19)8-5-9-23-13-7-4-6-12(10-13)15(16,17)18/h4,6-7,10-11H,5,8-9H2,1-3H3. The van der Waals surface area contributed by atoms with Gasteiger partial charge in [0.1, 0.15) is 5.75 Å². The fraction of sp³-hybridized carbons (Fsp3) is 0.533. The Hall–Kier alpha value is -1.57. The van der Waals surface area contributed by atoms with Crippen LogP contribution in [0, 0.1) is 0 Å². The van der Waals surface area contributed by atoms with E-state index in [2.05, 4.69) is 0 Å². The number of hydrogen-bond acceptors (Lipinski definition) is 6. The molecule has 0 aliphatic heterocycles. The van der Waals surface area contributed by atoms with Gasteiger partial charge in [0.2, 0.25) is 0 Å². The highest BCUT2D eigenvalue weighted by Gasteiger charge is 2.33. The van der Waals surface area contributed by atoms with Crippen molar-refractivity contribution in [2.45, 2.75) is 31.8 Å². The lowest BCUT2D eigenvalue weighted by molar-refractivity contribution is -0.146. The van der Waals surface area contributed by atoms with Crippen molar-refractivity contribution in [1.29, 1.82) is 0 Å². The molecule has 1 atom stereocenters. The van der Waals surface area contributed by atoms with Crippen LogP contribution in [0.4, 0.5) is 13.2 Å². The van der Waals surface area contributed by atoms with Gasteiger partial charge in [-0.15, -0.1) is 0 Å². The minimum Gasteiger partial charge on any atom is -0.494 e. The maximum atomic E-state index is 12.6. The second-order valence-corrected chi connectivity index (χ2v) is 7.51. The van der Waals surface area contributed by atoms with Gasteiger partial charge in [-0.05, 0) is 31.5 Å². The molecule has 0 fully saturated rings. The molecule has 0 heterocycles. The van der Waals surface area contributed by atoms with Gasteiger partial charge >= 0.3 is 19.7 Å². The van der Waals surface area contributed by atoms with Gasteiger partial charge in [-0.3, -0.25) is 9.36 Å². The summed E-state index contributed by atoms with van der Waals surface area (Å²) in [4.78, 5) is 11.7. The second-order valence-electron chi connectivity index (χ2n) is 4.97. The fourth-order valence-corrected chi connectivity index (χ4v) is 2.84. The lowest BCUT2D eigenvalue weighted by Crippen LogP contribution is -2.17. The number of halogens is 3. The molecular formula is C15H20F3O6P. The monoisotopic (exact) mass is 384 g/mol. The van der Waals surface area contributed by atoms with Gasteiger partial charge in [0.15, 0.2) is 5.85 Å². The first-order valence-electron chi connectivity index (χ1n) is 7.33. The van der Waals surface area contributed by atoms with Crippen LogP contribution < -0.4 is 4.74 Å². The minimum atomic E-state index is -4.45. The molecule has 0 saturated heterocycles. The molecule has 1 aromatic carbocycles. The molecule has 0 aliphatic rings. The lowest BCUT2D eigenvalue weighted by Gasteiger charge is -2.20. The number of ether oxygens (including phenoxy) is 2. The Morgan fingerprint density at radius 3 is 2.44 bits per heavy atom. The summed E-state index contributed by atoms with van der Waals surface area (Å²) in [6.07, 6.45) is -4.29. The van der Waals surface area contributed by atoms with Crippen LogP contribution in [0.2, 0.25) is 0 Å². The third-order valence-corrected chi connectivity index (χ3v) is 5.23. The number of rotatable bonds is 9. The van der Waals surface area contributed by atoms with Crippen LogP contribution in [0.1, 0.15) is 25.3 Å². The van der Waals surface area contributed by atoms with Crippen LogP contribution in [-0.2, 0) is 29.3 Å². The van der Waals surface area contributed by atoms with Crippen LogP contribution in [0.15, 0.2) is 24.3 Å². The zero-order valence-corrected chi connectivity index (χ0v) is 14.9. The van der Waals surface area contributed by atoms with E-state index in [1.807, 2.05) is 0 Å². The van der Waals surface area contributed by atoms with E-state index in [0.29, 0.717) is 0 Å². The molecule has 0 radical (unpaired) electrons. The second kappa shape index (κ2) is 9.22. The molecule has 142 valence electrons. The minimum absolute atomic E-state index is 0.0248. The summed E-state index contributed by atoms with van der Waals surface area (Å²) in [6, 6.07) is 4.45. The SMILES string of the molecule is COP(=O)(OC)C(C)OC(=O)CCCOc1cccc(C(F)(F)F)c1. The maximum absolute atomic E-state index is 12.6. The number of alkyl halides is 3. The summed E-state index contributed by atoms with van der Waals surface area (Å²) in [5.41, 5.74) is -0.812. The molecule has 0 saturated carbocycles. The molecule has 0 bridgehead atoms. The third kappa shape index (κ3) is 6.68. The van der Waals surface area contributed by atoms with Crippen molar-refractivity contribution in [1.82, 2.24) is 0 Å². The van der Waals surface area contributed by atoms with E-state index in [4.69, 9.17) is 18.5 Å². The first kappa shape index (κ1) is 21.5. The van der Waals surface area contributed by atoms with Crippen LogP contribution >= 0.6 is 7.60 Å². The largest absolute Gasteiger partial charge is 0.494 e. The Kier molecular flexibility index (Phi) is 7.92. The first-order valence-corrected chi connectivity index (χ1v) is 8.94.